The molecule has 3 fully saturated rings. The van der Waals surface area contributed by atoms with Gasteiger partial charge in [0.2, 0.25) is 15.9 Å². The summed E-state index contributed by atoms with van der Waals surface area (Å²) < 4.78 is 27.0. The van der Waals surface area contributed by atoms with Crippen molar-refractivity contribution in [2.75, 3.05) is 19.6 Å². The zero-order valence-corrected chi connectivity index (χ0v) is 14.7. The van der Waals surface area contributed by atoms with Crippen LogP contribution >= 0.6 is 0 Å². The van der Waals surface area contributed by atoms with Gasteiger partial charge in [-0.05, 0) is 38.5 Å². The van der Waals surface area contributed by atoms with E-state index in [9.17, 15) is 23.1 Å². The van der Waals surface area contributed by atoms with Crippen LogP contribution in [0.2, 0.25) is 0 Å². The largest absolute Gasteiger partial charge is 0.480 e. The fourth-order valence-corrected chi connectivity index (χ4v) is 6.45. The Balaban J connectivity index is 1.71. The molecule has 8 heteroatoms. The highest BCUT2D eigenvalue weighted by molar-refractivity contribution is 7.89. The molecule has 1 amide bonds. The summed E-state index contributed by atoms with van der Waals surface area (Å²) in [5.41, 5.74) is 0. The highest BCUT2D eigenvalue weighted by Gasteiger charge is 2.44. The number of hydrogen-bond acceptors (Lipinski definition) is 4. The third-order valence-electron chi connectivity index (χ3n) is 5.63. The molecule has 1 aliphatic carbocycles. The van der Waals surface area contributed by atoms with Crippen molar-refractivity contribution in [3.8, 4) is 0 Å². The van der Waals surface area contributed by atoms with Gasteiger partial charge in [0.1, 0.15) is 6.04 Å². The van der Waals surface area contributed by atoms with Crippen LogP contribution in [0, 0.1) is 5.92 Å². The van der Waals surface area contributed by atoms with Crippen LogP contribution in [-0.2, 0) is 19.6 Å². The van der Waals surface area contributed by atoms with Gasteiger partial charge < -0.3 is 10.0 Å². The highest BCUT2D eigenvalue weighted by atomic mass is 32.2. The topological polar surface area (TPSA) is 95.0 Å². The number of rotatable bonds is 4. The Kier molecular flexibility index (Phi) is 5.15. The highest BCUT2D eigenvalue weighted by Crippen LogP contribution is 2.31. The van der Waals surface area contributed by atoms with Gasteiger partial charge in [0.25, 0.3) is 0 Å². The monoisotopic (exact) mass is 358 g/mol. The van der Waals surface area contributed by atoms with E-state index in [0.29, 0.717) is 32.2 Å². The van der Waals surface area contributed by atoms with E-state index in [4.69, 9.17) is 0 Å². The van der Waals surface area contributed by atoms with Gasteiger partial charge in [-0.25, -0.2) is 8.42 Å². The predicted molar refractivity (Wildman–Crippen MR) is 87.8 cm³/mol. The number of carboxylic acid groups (broad SMARTS) is 1. The molecule has 0 radical (unpaired) electrons. The molecule has 2 saturated heterocycles. The summed E-state index contributed by atoms with van der Waals surface area (Å²) in [5, 5.41) is 8.59. The van der Waals surface area contributed by atoms with E-state index < -0.39 is 27.3 Å². The normalized spacial score (nSPS) is 29.9. The van der Waals surface area contributed by atoms with E-state index in [-0.39, 0.29) is 24.9 Å². The average Bonchev–Trinajstić information content (AvgIpc) is 3.25. The van der Waals surface area contributed by atoms with E-state index in [1.54, 1.807) is 4.90 Å². The Morgan fingerprint density at radius 3 is 2.25 bits per heavy atom. The molecule has 1 saturated carbocycles. The van der Waals surface area contributed by atoms with Gasteiger partial charge in [0, 0.05) is 25.6 Å². The number of hydrogen-bond donors (Lipinski definition) is 1. The number of carbonyl (C=O) groups excluding carboxylic acids is 1. The summed E-state index contributed by atoms with van der Waals surface area (Å²) in [7, 11) is -3.69. The third-order valence-corrected chi connectivity index (χ3v) is 7.95. The van der Waals surface area contributed by atoms with Gasteiger partial charge in [-0.15, -0.1) is 0 Å². The summed E-state index contributed by atoms with van der Waals surface area (Å²) >= 11 is 0. The molecule has 0 bridgehead atoms. The number of sulfonamides is 1. The lowest BCUT2D eigenvalue weighted by molar-refractivity contribution is -0.141. The maximum atomic E-state index is 12.9. The number of nitrogens with zero attached hydrogens (tertiary/aromatic N) is 2. The molecular weight excluding hydrogens is 332 g/mol. The van der Waals surface area contributed by atoms with Crippen LogP contribution in [0.5, 0.6) is 0 Å². The number of carboxylic acids is 1. The fourth-order valence-electron chi connectivity index (χ4n) is 4.30. The minimum atomic E-state index is -3.69. The van der Waals surface area contributed by atoms with E-state index in [1.165, 1.54) is 0 Å². The van der Waals surface area contributed by atoms with Crippen LogP contribution in [0.25, 0.3) is 0 Å². The van der Waals surface area contributed by atoms with Crippen molar-refractivity contribution in [1.29, 1.82) is 0 Å². The molecule has 1 N–H and O–H groups in total. The van der Waals surface area contributed by atoms with Crippen molar-refractivity contribution in [2.24, 2.45) is 5.92 Å². The molecule has 136 valence electrons. The van der Waals surface area contributed by atoms with Crippen LogP contribution in [0.1, 0.15) is 51.4 Å². The van der Waals surface area contributed by atoms with Crippen molar-refractivity contribution in [3.05, 3.63) is 0 Å². The fraction of sp³-hybridized carbons (Fsp3) is 0.875. The first-order valence-corrected chi connectivity index (χ1v) is 10.4. The lowest BCUT2D eigenvalue weighted by Crippen LogP contribution is -2.52. The van der Waals surface area contributed by atoms with Gasteiger partial charge in [0.05, 0.1) is 5.25 Å². The summed E-state index contributed by atoms with van der Waals surface area (Å²) in [6.07, 6.45) is 6.05. The molecule has 0 aromatic heterocycles. The average molecular weight is 358 g/mol. The number of piperidine rings is 1. The van der Waals surface area contributed by atoms with Gasteiger partial charge >= 0.3 is 5.97 Å². The quantitative estimate of drug-likeness (QED) is 0.810. The molecule has 0 aromatic rings. The SMILES string of the molecule is O=C(O)[C@H]1CCCN1S(=O)(=O)C1CCCN(C(=O)C2CCCC2)C1. The Morgan fingerprint density at radius 2 is 1.58 bits per heavy atom. The molecule has 1 unspecified atom stereocenters. The Bertz CT molecular complexity index is 600. The minimum Gasteiger partial charge on any atom is -0.480 e. The van der Waals surface area contributed by atoms with Gasteiger partial charge in [-0.2, -0.15) is 4.31 Å². The van der Waals surface area contributed by atoms with Crippen LogP contribution < -0.4 is 0 Å². The second kappa shape index (κ2) is 7.00. The number of amides is 1. The van der Waals surface area contributed by atoms with Crippen molar-refractivity contribution in [3.63, 3.8) is 0 Å². The van der Waals surface area contributed by atoms with E-state index in [1.807, 2.05) is 0 Å². The molecule has 24 heavy (non-hydrogen) atoms. The van der Waals surface area contributed by atoms with Gasteiger partial charge in [-0.1, -0.05) is 12.8 Å². The van der Waals surface area contributed by atoms with Crippen LogP contribution in [-0.4, -0.2) is 65.5 Å². The standard InChI is InChI=1S/C16H26N2O5S/c19-15(12-5-1-2-6-12)17-9-3-7-13(11-17)24(22,23)18-10-4-8-14(18)16(20)21/h12-14H,1-11H2,(H,20,21)/t13?,14-/m1/s1. The zero-order valence-electron chi connectivity index (χ0n) is 13.9. The van der Waals surface area contributed by atoms with Crippen LogP contribution in [0.4, 0.5) is 0 Å². The Labute approximate surface area is 143 Å². The summed E-state index contributed by atoms with van der Waals surface area (Å²) in [5.74, 6) is -0.945. The maximum absolute atomic E-state index is 12.9. The maximum Gasteiger partial charge on any atom is 0.322 e. The second-order valence-electron chi connectivity index (χ2n) is 7.18. The van der Waals surface area contributed by atoms with Crippen molar-refractivity contribution < 1.29 is 23.1 Å². The lowest BCUT2D eigenvalue weighted by Gasteiger charge is -2.36. The van der Waals surface area contributed by atoms with Crippen molar-refractivity contribution >= 4 is 21.9 Å². The van der Waals surface area contributed by atoms with E-state index in [0.717, 1.165) is 30.0 Å². The molecule has 3 rings (SSSR count). The Hall–Kier alpha value is -1.15. The zero-order chi connectivity index (χ0) is 17.3. The third kappa shape index (κ3) is 3.31. The predicted octanol–water partition coefficient (Wildman–Crippen LogP) is 1.05. The molecule has 2 atom stereocenters. The summed E-state index contributed by atoms with van der Waals surface area (Å²) in [6.45, 7) is 1.09. The molecular formula is C16H26N2O5S. The molecule has 0 aromatic carbocycles. The van der Waals surface area contributed by atoms with E-state index in [2.05, 4.69) is 0 Å². The van der Waals surface area contributed by atoms with Crippen molar-refractivity contribution in [1.82, 2.24) is 9.21 Å². The lowest BCUT2D eigenvalue weighted by atomic mass is 10.0. The van der Waals surface area contributed by atoms with Gasteiger partial charge in [-0.3, -0.25) is 9.59 Å². The number of likely N-dealkylation sites (tertiary alicyclic amines) is 1. The molecule has 2 heterocycles. The molecule has 7 nitrogen and oxygen atoms in total. The second-order valence-corrected chi connectivity index (χ2v) is 9.35. The van der Waals surface area contributed by atoms with E-state index >= 15 is 0 Å². The minimum absolute atomic E-state index is 0.0463. The van der Waals surface area contributed by atoms with Crippen molar-refractivity contribution in [2.45, 2.75) is 62.7 Å². The summed E-state index contributed by atoms with van der Waals surface area (Å²) in [4.78, 5) is 25.6. The van der Waals surface area contributed by atoms with Gasteiger partial charge in [0.15, 0.2) is 0 Å². The molecule has 2 aliphatic heterocycles. The number of aliphatic carboxylic acids is 1. The van der Waals surface area contributed by atoms with Crippen LogP contribution in [0.15, 0.2) is 0 Å². The molecule has 0 spiro atoms. The first kappa shape index (κ1) is 17.7. The first-order chi connectivity index (χ1) is 11.4. The molecule has 3 aliphatic rings. The Morgan fingerprint density at radius 1 is 0.917 bits per heavy atom. The van der Waals surface area contributed by atoms with Crippen LogP contribution in [0.3, 0.4) is 0 Å². The summed E-state index contributed by atoms with van der Waals surface area (Å²) in [6, 6.07) is -0.948. The first-order valence-electron chi connectivity index (χ1n) is 8.93. The smallest absolute Gasteiger partial charge is 0.322 e. The number of carbonyl (C=O) groups is 2.